The van der Waals surface area contributed by atoms with Gasteiger partial charge in [0, 0.05) is 0 Å². The summed E-state index contributed by atoms with van der Waals surface area (Å²) in [5, 5.41) is 14.1. The van der Waals surface area contributed by atoms with Gasteiger partial charge in [-0.05, 0) is 41.9 Å². The number of nitrogens with zero attached hydrogens (tertiary/aromatic N) is 4. The van der Waals surface area contributed by atoms with Gasteiger partial charge in [0.2, 0.25) is 0 Å². The Labute approximate surface area is 120 Å². The molecule has 1 heterocycles. The first-order valence-electron chi connectivity index (χ1n) is 6.57. The van der Waals surface area contributed by atoms with E-state index in [1.165, 1.54) is 0 Å². The molecule has 0 saturated heterocycles. The Kier molecular flexibility index (Phi) is 4.56. The van der Waals surface area contributed by atoms with Gasteiger partial charge in [0.1, 0.15) is 5.69 Å². The summed E-state index contributed by atoms with van der Waals surface area (Å²) >= 11 is 0. The number of hydrogen-bond donors (Lipinski definition) is 1. The van der Waals surface area contributed by atoms with E-state index in [0.29, 0.717) is 18.3 Å². The van der Waals surface area contributed by atoms with Crippen LogP contribution in [0.4, 0.5) is 13.2 Å². The second kappa shape index (κ2) is 6.21. The maximum atomic E-state index is 13.8. The van der Waals surface area contributed by atoms with E-state index in [9.17, 15) is 13.2 Å². The molecule has 114 valence electrons. The lowest BCUT2D eigenvalue weighted by Crippen LogP contribution is -2.26. The summed E-state index contributed by atoms with van der Waals surface area (Å²) in [6, 6.07) is 1.67. The Morgan fingerprint density at radius 2 is 1.86 bits per heavy atom. The molecule has 1 N–H and O–H groups in total. The van der Waals surface area contributed by atoms with Crippen LogP contribution in [-0.4, -0.2) is 26.8 Å². The fraction of sp³-hybridized carbons (Fsp3) is 0.462. The van der Waals surface area contributed by atoms with Gasteiger partial charge in [-0.3, -0.25) is 0 Å². The minimum atomic E-state index is -1.54. The SMILES string of the molecule is CC(C)CNC(C)c1nnnn1-c1ccc(F)c(F)c1F. The van der Waals surface area contributed by atoms with Crippen molar-refractivity contribution in [1.29, 1.82) is 0 Å². The molecule has 1 aromatic heterocycles. The first kappa shape index (κ1) is 15.4. The molecule has 1 unspecified atom stereocenters. The summed E-state index contributed by atoms with van der Waals surface area (Å²) in [7, 11) is 0. The van der Waals surface area contributed by atoms with Crippen LogP contribution < -0.4 is 5.32 Å². The molecular formula is C13H16F3N5. The van der Waals surface area contributed by atoms with E-state index < -0.39 is 17.5 Å². The summed E-state index contributed by atoms with van der Waals surface area (Å²) in [5.41, 5.74) is -0.230. The third kappa shape index (κ3) is 3.21. The predicted octanol–water partition coefficient (Wildman–Crippen LogP) is 2.39. The molecule has 0 aliphatic carbocycles. The van der Waals surface area contributed by atoms with Gasteiger partial charge >= 0.3 is 0 Å². The Morgan fingerprint density at radius 3 is 2.52 bits per heavy atom. The van der Waals surface area contributed by atoms with Crippen molar-refractivity contribution in [2.24, 2.45) is 5.92 Å². The Balaban J connectivity index is 2.34. The van der Waals surface area contributed by atoms with E-state index in [0.717, 1.165) is 16.8 Å². The van der Waals surface area contributed by atoms with Crippen molar-refractivity contribution in [2.75, 3.05) is 6.54 Å². The smallest absolute Gasteiger partial charge is 0.196 e. The molecule has 0 spiro atoms. The van der Waals surface area contributed by atoms with Crippen molar-refractivity contribution in [1.82, 2.24) is 25.5 Å². The summed E-state index contributed by atoms with van der Waals surface area (Å²) in [6.45, 7) is 6.60. The van der Waals surface area contributed by atoms with E-state index in [4.69, 9.17) is 0 Å². The third-order valence-corrected chi connectivity index (χ3v) is 2.96. The standard InChI is InChI=1S/C13H16F3N5/c1-7(2)6-17-8(3)13-18-19-20-21(13)10-5-4-9(14)11(15)12(10)16/h4-5,7-8,17H,6H2,1-3H3. The molecule has 0 saturated carbocycles. The number of halogens is 3. The van der Waals surface area contributed by atoms with Crippen LogP contribution in [0.15, 0.2) is 12.1 Å². The van der Waals surface area contributed by atoms with Crippen molar-refractivity contribution in [3.63, 3.8) is 0 Å². The lowest BCUT2D eigenvalue weighted by Gasteiger charge is -2.15. The molecule has 21 heavy (non-hydrogen) atoms. The van der Waals surface area contributed by atoms with E-state index in [1.54, 1.807) is 0 Å². The summed E-state index contributed by atoms with van der Waals surface area (Å²) in [4.78, 5) is 0. The van der Waals surface area contributed by atoms with Crippen LogP contribution in [0.1, 0.15) is 32.6 Å². The monoisotopic (exact) mass is 299 g/mol. The molecular weight excluding hydrogens is 283 g/mol. The highest BCUT2D eigenvalue weighted by molar-refractivity contribution is 5.34. The topological polar surface area (TPSA) is 55.6 Å². The first-order valence-corrected chi connectivity index (χ1v) is 6.57. The van der Waals surface area contributed by atoms with Crippen LogP contribution in [-0.2, 0) is 0 Å². The minimum absolute atomic E-state index is 0.230. The van der Waals surface area contributed by atoms with E-state index in [-0.39, 0.29) is 11.7 Å². The molecule has 1 atom stereocenters. The molecule has 1 aromatic carbocycles. The van der Waals surface area contributed by atoms with Crippen LogP contribution in [0.5, 0.6) is 0 Å². The average molecular weight is 299 g/mol. The van der Waals surface area contributed by atoms with Gasteiger partial charge in [-0.25, -0.2) is 13.2 Å². The number of tetrazole rings is 1. The van der Waals surface area contributed by atoms with Gasteiger partial charge in [-0.15, -0.1) is 5.10 Å². The third-order valence-electron chi connectivity index (χ3n) is 2.96. The van der Waals surface area contributed by atoms with E-state index in [1.807, 2.05) is 20.8 Å². The average Bonchev–Trinajstić information content (AvgIpc) is 2.91. The van der Waals surface area contributed by atoms with E-state index >= 15 is 0 Å². The van der Waals surface area contributed by atoms with Crippen LogP contribution in [0.3, 0.4) is 0 Å². The highest BCUT2D eigenvalue weighted by atomic mass is 19.2. The highest BCUT2D eigenvalue weighted by Crippen LogP contribution is 2.21. The largest absolute Gasteiger partial charge is 0.307 e. The van der Waals surface area contributed by atoms with Gasteiger partial charge in [0.15, 0.2) is 23.3 Å². The molecule has 8 heteroatoms. The van der Waals surface area contributed by atoms with Crippen molar-refractivity contribution in [3.05, 3.63) is 35.4 Å². The fourth-order valence-corrected chi connectivity index (χ4v) is 1.82. The van der Waals surface area contributed by atoms with E-state index in [2.05, 4.69) is 20.8 Å². The minimum Gasteiger partial charge on any atom is -0.307 e. The van der Waals surface area contributed by atoms with Gasteiger partial charge in [0.05, 0.1) is 6.04 Å². The molecule has 0 radical (unpaired) electrons. The van der Waals surface area contributed by atoms with Gasteiger partial charge in [-0.1, -0.05) is 13.8 Å². The first-order chi connectivity index (χ1) is 9.91. The normalized spacial score (nSPS) is 12.9. The molecule has 2 rings (SSSR count). The molecule has 0 aliphatic heterocycles. The quantitative estimate of drug-likeness (QED) is 0.861. The van der Waals surface area contributed by atoms with Crippen LogP contribution >= 0.6 is 0 Å². The number of rotatable bonds is 5. The Morgan fingerprint density at radius 1 is 1.14 bits per heavy atom. The van der Waals surface area contributed by atoms with Gasteiger partial charge < -0.3 is 5.32 Å². The summed E-state index contributed by atoms with van der Waals surface area (Å²) in [6.07, 6.45) is 0. The second-order valence-electron chi connectivity index (χ2n) is 5.17. The number of aromatic nitrogens is 4. The predicted molar refractivity (Wildman–Crippen MR) is 70.3 cm³/mol. The van der Waals surface area contributed by atoms with Crippen molar-refractivity contribution in [2.45, 2.75) is 26.8 Å². The van der Waals surface area contributed by atoms with Crippen molar-refractivity contribution < 1.29 is 13.2 Å². The molecule has 0 amide bonds. The lowest BCUT2D eigenvalue weighted by molar-refractivity contribution is 0.438. The lowest BCUT2D eigenvalue weighted by atomic mass is 10.2. The van der Waals surface area contributed by atoms with Crippen LogP contribution in [0, 0.1) is 23.4 Å². The fourth-order valence-electron chi connectivity index (χ4n) is 1.82. The zero-order valence-corrected chi connectivity index (χ0v) is 11.9. The Hall–Kier alpha value is -1.96. The molecule has 2 aromatic rings. The van der Waals surface area contributed by atoms with Gasteiger partial charge in [0.25, 0.3) is 0 Å². The van der Waals surface area contributed by atoms with Crippen LogP contribution in [0.2, 0.25) is 0 Å². The summed E-state index contributed by atoms with van der Waals surface area (Å²) in [5.74, 6) is -3.38. The van der Waals surface area contributed by atoms with Crippen LogP contribution in [0.25, 0.3) is 5.69 Å². The molecule has 0 aliphatic rings. The Bertz CT molecular complexity index is 626. The number of nitrogens with one attached hydrogen (secondary N) is 1. The number of benzene rings is 1. The van der Waals surface area contributed by atoms with Crippen molar-refractivity contribution >= 4 is 0 Å². The molecule has 0 fully saturated rings. The maximum absolute atomic E-state index is 13.8. The second-order valence-corrected chi connectivity index (χ2v) is 5.17. The zero-order chi connectivity index (χ0) is 15.6. The maximum Gasteiger partial charge on any atom is 0.196 e. The highest BCUT2D eigenvalue weighted by Gasteiger charge is 2.21. The molecule has 5 nitrogen and oxygen atoms in total. The van der Waals surface area contributed by atoms with Crippen molar-refractivity contribution in [3.8, 4) is 5.69 Å². The number of hydrogen-bond acceptors (Lipinski definition) is 4. The van der Waals surface area contributed by atoms with Gasteiger partial charge in [-0.2, -0.15) is 4.68 Å². The zero-order valence-electron chi connectivity index (χ0n) is 11.9. The summed E-state index contributed by atoms with van der Waals surface area (Å²) < 4.78 is 41.2. The molecule has 0 bridgehead atoms.